The summed E-state index contributed by atoms with van der Waals surface area (Å²) >= 11 is 13.2. The first-order chi connectivity index (χ1) is 15.4. The van der Waals surface area contributed by atoms with Gasteiger partial charge in [0, 0.05) is 26.8 Å². The second-order valence-corrected chi connectivity index (χ2v) is 9.10. The van der Waals surface area contributed by atoms with Gasteiger partial charge in [-0.3, -0.25) is 4.79 Å². The van der Waals surface area contributed by atoms with Crippen LogP contribution in [0.3, 0.4) is 0 Å². The van der Waals surface area contributed by atoms with Crippen molar-refractivity contribution < 1.29 is 14.3 Å². The monoisotopic (exact) mass is 577 g/mol. The molecule has 3 aromatic carbocycles. The highest BCUT2D eigenvalue weighted by Crippen LogP contribution is 2.38. The van der Waals surface area contributed by atoms with Crippen molar-refractivity contribution in [3.8, 4) is 11.5 Å². The third kappa shape index (κ3) is 6.61. The van der Waals surface area contributed by atoms with Crippen LogP contribution in [-0.2, 0) is 11.4 Å². The molecule has 0 radical (unpaired) electrons. The highest BCUT2D eigenvalue weighted by Gasteiger charge is 2.13. The van der Waals surface area contributed by atoms with Crippen LogP contribution in [0.25, 0.3) is 6.08 Å². The van der Waals surface area contributed by atoms with Gasteiger partial charge in [0.25, 0.3) is 0 Å². The van der Waals surface area contributed by atoms with Crippen molar-refractivity contribution in [3.05, 3.63) is 91.3 Å². The van der Waals surface area contributed by atoms with Gasteiger partial charge in [-0.25, -0.2) is 0 Å². The molecular weight excluding hydrogens is 558 g/mol. The zero-order chi connectivity index (χ0) is 23.1. The molecule has 3 aromatic rings. The predicted octanol–water partition coefficient (Wildman–Crippen LogP) is 7.80. The molecule has 0 fully saturated rings. The Morgan fingerprint density at radius 1 is 1.09 bits per heavy atom. The average molecular weight is 580 g/mol. The van der Waals surface area contributed by atoms with E-state index in [1.165, 1.54) is 6.08 Å². The van der Waals surface area contributed by atoms with Crippen molar-refractivity contribution in [1.82, 2.24) is 0 Å². The van der Waals surface area contributed by atoms with Gasteiger partial charge in [-0.1, -0.05) is 45.7 Å². The van der Waals surface area contributed by atoms with E-state index in [0.29, 0.717) is 29.7 Å². The average Bonchev–Trinajstić information content (AvgIpc) is 2.75. The molecule has 0 spiro atoms. The van der Waals surface area contributed by atoms with Crippen LogP contribution in [0.2, 0.25) is 5.02 Å². The van der Waals surface area contributed by atoms with E-state index < -0.39 is 0 Å². The molecule has 0 atom stereocenters. The van der Waals surface area contributed by atoms with Crippen LogP contribution in [0.5, 0.6) is 11.5 Å². The normalized spacial score (nSPS) is 10.9. The SMILES string of the molecule is CCOc1cc(/C=C/C(=O)Nc2ccc(Br)cc2C)cc(Br)c1OCc1ccccc1Cl. The van der Waals surface area contributed by atoms with E-state index in [4.69, 9.17) is 21.1 Å². The third-order valence-corrected chi connectivity index (χ3v) is 5.99. The Balaban J connectivity index is 1.75. The summed E-state index contributed by atoms with van der Waals surface area (Å²) in [5.74, 6) is 0.945. The first-order valence-electron chi connectivity index (χ1n) is 9.95. The number of rotatable bonds is 8. The molecule has 0 saturated carbocycles. The molecule has 0 heterocycles. The standard InChI is InChI=1S/C25H22Br2ClNO3/c1-3-31-23-14-17(8-11-24(30)29-22-10-9-19(26)12-16(22)2)13-20(27)25(23)32-15-18-6-4-5-7-21(18)28/h4-14H,3,15H2,1-2H3,(H,29,30)/b11-8+. The van der Waals surface area contributed by atoms with Crippen LogP contribution < -0.4 is 14.8 Å². The number of hydrogen-bond acceptors (Lipinski definition) is 3. The number of ether oxygens (including phenoxy) is 2. The molecule has 0 saturated heterocycles. The minimum atomic E-state index is -0.219. The Morgan fingerprint density at radius 3 is 2.59 bits per heavy atom. The molecule has 0 aromatic heterocycles. The molecule has 0 unspecified atom stereocenters. The van der Waals surface area contributed by atoms with Gasteiger partial charge in [-0.2, -0.15) is 0 Å². The van der Waals surface area contributed by atoms with Gasteiger partial charge < -0.3 is 14.8 Å². The van der Waals surface area contributed by atoms with Gasteiger partial charge in [0.05, 0.1) is 11.1 Å². The number of halogens is 3. The third-order valence-electron chi connectivity index (χ3n) is 4.54. The second-order valence-electron chi connectivity index (χ2n) is 6.92. The minimum absolute atomic E-state index is 0.219. The second kappa shape index (κ2) is 11.5. The van der Waals surface area contributed by atoms with Crippen LogP contribution in [0.4, 0.5) is 5.69 Å². The topological polar surface area (TPSA) is 47.6 Å². The van der Waals surface area contributed by atoms with E-state index in [-0.39, 0.29) is 5.91 Å². The summed E-state index contributed by atoms with van der Waals surface area (Å²) in [5.41, 5.74) is 3.42. The molecule has 0 aliphatic rings. The number of benzene rings is 3. The highest BCUT2D eigenvalue weighted by atomic mass is 79.9. The summed E-state index contributed by atoms with van der Waals surface area (Å²) in [7, 11) is 0. The molecule has 0 aliphatic carbocycles. The molecule has 0 bridgehead atoms. The van der Waals surface area contributed by atoms with E-state index in [1.54, 1.807) is 6.08 Å². The Kier molecular flexibility index (Phi) is 8.79. The summed E-state index contributed by atoms with van der Waals surface area (Å²) in [6.07, 6.45) is 3.22. The maximum absolute atomic E-state index is 12.4. The lowest BCUT2D eigenvalue weighted by Gasteiger charge is -2.15. The van der Waals surface area contributed by atoms with E-state index >= 15 is 0 Å². The number of aryl methyl sites for hydroxylation is 1. The van der Waals surface area contributed by atoms with Gasteiger partial charge in [0.2, 0.25) is 5.91 Å². The minimum Gasteiger partial charge on any atom is -0.490 e. The maximum atomic E-state index is 12.4. The van der Waals surface area contributed by atoms with Gasteiger partial charge in [-0.15, -0.1) is 0 Å². The highest BCUT2D eigenvalue weighted by molar-refractivity contribution is 9.10. The Morgan fingerprint density at radius 2 is 1.88 bits per heavy atom. The van der Waals surface area contributed by atoms with Crippen LogP contribution in [-0.4, -0.2) is 12.5 Å². The van der Waals surface area contributed by atoms with E-state index in [9.17, 15) is 4.79 Å². The van der Waals surface area contributed by atoms with Crippen molar-refractivity contribution in [2.45, 2.75) is 20.5 Å². The smallest absolute Gasteiger partial charge is 0.248 e. The first kappa shape index (κ1) is 24.4. The zero-order valence-corrected chi connectivity index (χ0v) is 21.6. The van der Waals surface area contributed by atoms with Crippen molar-refractivity contribution in [2.24, 2.45) is 0 Å². The number of anilines is 1. The molecule has 0 aliphatic heterocycles. The van der Waals surface area contributed by atoms with Crippen molar-refractivity contribution in [1.29, 1.82) is 0 Å². The van der Waals surface area contributed by atoms with Gasteiger partial charge in [-0.05, 0) is 83.4 Å². The zero-order valence-electron chi connectivity index (χ0n) is 17.6. The molecule has 3 rings (SSSR count). The molecule has 1 amide bonds. The molecule has 4 nitrogen and oxygen atoms in total. The lowest BCUT2D eigenvalue weighted by molar-refractivity contribution is -0.111. The largest absolute Gasteiger partial charge is 0.490 e. The first-order valence-corrected chi connectivity index (χ1v) is 11.9. The number of amides is 1. The van der Waals surface area contributed by atoms with Crippen molar-refractivity contribution in [2.75, 3.05) is 11.9 Å². The van der Waals surface area contributed by atoms with Gasteiger partial charge >= 0.3 is 0 Å². The van der Waals surface area contributed by atoms with E-state index in [2.05, 4.69) is 37.2 Å². The van der Waals surface area contributed by atoms with Crippen LogP contribution >= 0.6 is 43.5 Å². The van der Waals surface area contributed by atoms with Crippen molar-refractivity contribution >= 4 is 61.1 Å². The summed E-state index contributed by atoms with van der Waals surface area (Å²) in [6.45, 7) is 4.63. The fraction of sp³-hybridized carbons (Fsp3) is 0.160. The molecule has 166 valence electrons. The van der Waals surface area contributed by atoms with E-state index in [0.717, 1.165) is 31.3 Å². The lowest BCUT2D eigenvalue weighted by atomic mass is 10.1. The molecule has 1 N–H and O–H groups in total. The maximum Gasteiger partial charge on any atom is 0.248 e. The summed E-state index contributed by atoms with van der Waals surface area (Å²) < 4.78 is 13.5. The number of nitrogens with one attached hydrogen (secondary N) is 1. The summed E-state index contributed by atoms with van der Waals surface area (Å²) in [6, 6.07) is 16.9. The molecule has 32 heavy (non-hydrogen) atoms. The Labute approximate surface area is 209 Å². The van der Waals surface area contributed by atoms with Gasteiger partial charge in [0.15, 0.2) is 11.5 Å². The number of hydrogen-bond donors (Lipinski definition) is 1. The lowest BCUT2D eigenvalue weighted by Crippen LogP contribution is -2.08. The fourth-order valence-corrected chi connectivity index (χ4v) is 4.21. The van der Waals surface area contributed by atoms with E-state index in [1.807, 2.05) is 68.4 Å². The fourth-order valence-electron chi connectivity index (χ4n) is 2.97. The molecule has 7 heteroatoms. The van der Waals surface area contributed by atoms with Crippen LogP contribution in [0.1, 0.15) is 23.6 Å². The number of carbonyl (C=O) groups is 1. The Hall–Kier alpha value is -2.28. The van der Waals surface area contributed by atoms with Gasteiger partial charge in [0.1, 0.15) is 6.61 Å². The quantitative estimate of drug-likeness (QED) is 0.277. The summed E-state index contributed by atoms with van der Waals surface area (Å²) in [4.78, 5) is 12.4. The van der Waals surface area contributed by atoms with Crippen LogP contribution in [0, 0.1) is 6.92 Å². The van der Waals surface area contributed by atoms with Crippen LogP contribution in [0.15, 0.2) is 69.6 Å². The number of carbonyl (C=O) groups excluding carboxylic acids is 1. The summed E-state index contributed by atoms with van der Waals surface area (Å²) in [5, 5.41) is 3.54. The molecular formula is C25H22Br2ClNO3. The predicted molar refractivity (Wildman–Crippen MR) is 138 cm³/mol. The van der Waals surface area contributed by atoms with Crippen molar-refractivity contribution in [3.63, 3.8) is 0 Å². The Bertz CT molecular complexity index is 1150.